The van der Waals surface area contributed by atoms with Crippen LogP contribution in [0.1, 0.15) is 24.0 Å². The minimum atomic E-state index is -0.724. The van der Waals surface area contributed by atoms with Gasteiger partial charge in [-0.1, -0.05) is 42.5 Å². The zero-order valence-corrected chi connectivity index (χ0v) is 19.4. The van der Waals surface area contributed by atoms with Gasteiger partial charge in [0.25, 0.3) is 0 Å². The van der Waals surface area contributed by atoms with Gasteiger partial charge in [-0.2, -0.15) is 0 Å². The van der Waals surface area contributed by atoms with Crippen LogP contribution < -0.4 is 0 Å². The van der Waals surface area contributed by atoms with E-state index in [0.29, 0.717) is 13.2 Å². The molecule has 0 atom stereocenters. The molecule has 1 aliphatic heterocycles. The monoisotopic (exact) mass is 458 g/mol. The van der Waals surface area contributed by atoms with E-state index in [2.05, 4.69) is 48.2 Å². The molecule has 0 aromatic heterocycles. The Labute approximate surface area is 192 Å². The van der Waals surface area contributed by atoms with E-state index in [0.717, 1.165) is 44.6 Å². The smallest absolute Gasteiger partial charge is 0.195 e. The zero-order chi connectivity index (χ0) is 19.8. The van der Waals surface area contributed by atoms with Gasteiger partial charge < -0.3 is 19.3 Å². The fourth-order valence-electron chi connectivity index (χ4n) is 3.62. The summed E-state index contributed by atoms with van der Waals surface area (Å²) in [5.74, 6) is -0.963. The molecule has 0 aliphatic carbocycles. The van der Waals surface area contributed by atoms with Gasteiger partial charge in [-0.05, 0) is 44.8 Å². The van der Waals surface area contributed by atoms with Gasteiger partial charge in [0.2, 0.25) is 0 Å². The Balaban J connectivity index is 0.00000225. The third-order valence-corrected chi connectivity index (χ3v) is 5.24. The molecule has 1 saturated heterocycles. The molecule has 0 spiro atoms. The summed E-state index contributed by atoms with van der Waals surface area (Å²) in [5.41, 5.74) is 2.24. The second kappa shape index (κ2) is 13.3. The van der Waals surface area contributed by atoms with Gasteiger partial charge in [0.1, 0.15) is 5.82 Å². The van der Waals surface area contributed by atoms with Crippen molar-refractivity contribution >= 4 is 24.8 Å². The summed E-state index contributed by atoms with van der Waals surface area (Å²) in [5, 5.41) is 0. The first-order valence-electron chi connectivity index (χ1n) is 10.0. The van der Waals surface area contributed by atoms with E-state index in [1.807, 2.05) is 6.07 Å². The van der Waals surface area contributed by atoms with Crippen LogP contribution in [0.4, 0.5) is 4.39 Å². The van der Waals surface area contributed by atoms with Gasteiger partial charge in [0, 0.05) is 31.6 Å². The molecule has 7 heteroatoms. The lowest BCUT2D eigenvalue weighted by Gasteiger charge is -2.29. The SMILES string of the molecule is CN(CCCC1(c2ccc(F)cc2)OCCO1)CCN(C)Cc1ccccc1.Cl.Cl. The number of hydrogen-bond acceptors (Lipinski definition) is 4. The average molecular weight is 459 g/mol. The number of ether oxygens (including phenoxy) is 2. The Bertz CT molecular complexity index is 713. The lowest BCUT2D eigenvalue weighted by atomic mass is 10.0. The van der Waals surface area contributed by atoms with Crippen LogP contribution in [0.3, 0.4) is 0 Å². The summed E-state index contributed by atoms with van der Waals surface area (Å²) in [7, 11) is 4.31. The van der Waals surface area contributed by atoms with Crippen LogP contribution in [-0.2, 0) is 21.8 Å². The Morgan fingerprint density at radius 3 is 2.07 bits per heavy atom. The van der Waals surface area contributed by atoms with E-state index in [-0.39, 0.29) is 30.6 Å². The molecular weight excluding hydrogens is 426 g/mol. The van der Waals surface area contributed by atoms with Gasteiger partial charge in [-0.25, -0.2) is 4.39 Å². The third-order valence-electron chi connectivity index (χ3n) is 5.24. The summed E-state index contributed by atoms with van der Waals surface area (Å²) in [6.45, 7) is 5.12. The quantitative estimate of drug-likeness (QED) is 0.514. The molecule has 1 fully saturated rings. The summed E-state index contributed by atoms with van der Waals surface area (Å²) in [6, 6.07) is 17.0. The van der Waals surface area contributed by atoms with E-state index in [1.54, 1.807) is 12.1 Å². The van der Waals surface area contributed by atoms with Gasteiger partial charge >= 0.3 is 0 Å². The fraction of sp³-hybridized carbons (Fsp3) is 0.478. The Hall–Kier alpha value is -1.21. The summed E-state index contributed by atoms with van der Waals surface area (Å²) < 4.78 is 25.1. The summed E-state index contributed by atoms with van der Waals surface area (Å²) in [4.78, 5) is 4.68. The number of nitrogens with zero attached hydrogens (tertiary/aromatic N) is 2. The molecule has 0 saturated carbocycles. The van der Waals surface area contributed by atoms with E-state index in [9.17, 15) is 4.39 Å². The molecule has 1 heterocycles. The zero-order valence-electron chi connectivity index (χ0n) is 17.8. The van der Waals surface area contributed by atoms with Crippen LogP contribution in [0.2, 0.25) is 0 Å². The number of likely N-dealkylation sites (N-methyl/N-ethyl adjacent to an activating group) is 2. The number of halogens is 3. The van der Waals surface area contributed by atoms with Crippen molar-refractivity contribution in [2.45, 2.75) is 25.2 Å². The molecule has 0 unspecified atom stereocenters. The Morgan fingerprint density at radius 2 is 1.43 bits per heavy atom. The molecule has 3 rings (SSSR count). The fourth-order valence-corrected chi connectivity index (χ4v) is 3.62. The van der Waals surface area contributed by atoms with E-state index < -0.39 is 5.79 Å². The largest absolute Gasteiger partial charge is 0.343 e. The number of hydrogen-bond donors (Lipinski definition) is 0. The first kappa shape index (κ1) is 26.8. The highest BCUT2D eigenvalue weighted by Crippen LogP contribution is 2.36. The molecule has 4 nitrogen and oxygen atoms in total. The van der Waals surface area contributed by atoms with Crippen molar-refractivity contribution in [1.29, 1.82) is 0 Å². The van der Waals surface area contributed by atoms with Gasteiger partial charge in [-0.15, -0.1) is 24.8 Å². The predicted molar refractivity (Wildman–Crippen MR) is 124 cm³/mol. The van der Waals surface area contributed by atoms with Crippen molar-refractivity contribution in [3.63, 3.8) is 0 Å². The number of benzene rings is 2. The van der Waals surface area contributed by atoms with E-state index >= 15 is 0 Å². The van der Waals surface area contributed by atoms with Crippen molar-refractivity contribution in [2.24, 2.45) is 0 Å². The van der Waals surface area contributed by atoms with Gasteiger partial charge in [-0.3, -0.25) is 0 Å². The van der Waals surface area contributed by atoms with E-state index in [1.165, 1.54) is 17.7 Å². The van der Waals surface area contributed by atoms with Crippen LogP contribution in [0, 0.1) is 5.82 Å². The topological polar surface area (TPSA) is 24.9 Å². The second-order valence-corrected chi connectivity index (χ2v) is 7.59. The Kier molecular flexibility index (Phi) is 11.9. The maximum atomic E-state index is 13.3. The first-order valence-corrected chi connectivity index (χ1v) is 10.0. The van der Waals surface area contributed by atoms with Crippen LogP contribution in [0.5, 0.6) is 0 Å². The summed E-state index contributed by atoms with van der Waals surface area (Å²) in [6.07, 6.45) is 1.72. The number of rotatable bonds is 10. The lowest BCUT2D eigenvalue weighted by Crippen LogP contribution is -2.33. The highest BCUT2D eigenvalue weighted by Gasteiger charge is 2.38. The molecule has 0 N–H and O–H groups in total. The highest BCUT2D eigenvalue weighted by atomic mass is 35.5. The van der Waals surface area contributed by atoms with Crippen LogP contribution in [-0.4, -0.2) is 56.7 Å². The molecule has 30 heavy (non-hydrogen) atoms. The Morgan fingerprint density at radius 1 is 0.833 bits per heavy atom. The lowest BCUT2D eigenvalue weighted by molar-refractivity contribution is -0.172. The molecule has 0 bridgehead atoms. The van der Waals surface area contributed by atoms with Crippen molar-refractivity contribution in [3.05, 3.63) is 71.5 Å². The maximum absolute atomic E-state index is 13.3. The normalized spacial score (nSPS) is 15.1. The van der Waals surface area contributed by atoms with Crippen molar-refractivity contribution in [3.8, 4) is 0 Å². The molecule has 168 valence electrons. The average Bonchev–Trinajstić information content (AvgIpc) is 3.18. The minimum absolute atomic E-state index is 0. The first-order chi connectivity index (χ1) is 13.6. The minimum Gasteiger partial charge on any atom is -0.343 e. The predicted octanol–water partition coefficient (Wildman–Crippen LogP) is 4.71. The second-order valence-electron chi connectivity index (χ2n) is 7.59. The van der Waals surface area contributed by atoms with E-state index in [4.69, 9.17) is 9.47 Å². The van der Waals surface area contributed by atoms with Crippen molar-refractivity contribution in [1.82, 2.24) is 9.80 Å². The molecule has 2 aromatic rings. The van der Waals surface area contributed by atoms with Gasteiger partial charge in [0.05, 0.1) is 13.2 Å². The molecule has 0 amide bonds. The molecule has 0 radical (unpaired) electrons. The molecule has 1 aliphatic rings. The maximum Gasteiger partial charge on any atom is 0.195 e. The van der Waals surface area contributed by atoms with Crippen LogP contribution >= 0.6 is 24.8 Å². The molecular formula is C23H33Cl2FN2O2. The highest BCUT2D eigenvalue weighted by molar-refractivity contribution is 5.85. The van der Waals surface area contributed by atoms with Crippen LogP contribution in [0.25, 0.3) is 0 Å². The summed E-state index contributed by atoms with van der Waals surface area (Å²) >= 11 is 0. The third kappa shape index (κ3) is 7.80. The van der Waals surface area contributed by atoms with Gasteiger partial charge in [0.15, 0.2) is 5.79 Å². The standard InChI is InChI=1S/C23H31FN2O2.2ClH/c1-25(15-16-26(2)19-20-7-4-3-5-8-20)14-6-13-23(27-17-18-28-23)21-9-11-22(24)12-10-21;;/h3-5,7-12H,6,13-19H2,1-2H3;2*1H. The van der Waals surface area contributed by atoms with Crippen LogP contribution in [0.15, 0.2) is 54.6 Å². The van der Waals surface area contributed by atoms with Crippen molar-refractivity contribution in [2.75, 3.05) is 46.9 Å². The van der Waals surface area contributed by atoms with Crippen molar-refractivity contribution < 1.29 is 13.9 Å². The molecule has 2 aromatic carbocycles.